The van der Waals surface area contributed by atoms with E-state index in [1.54, 1.807) is 17.5 Å². The van der Waals surface area contributed by atoms with Crippen molar-refractivity contribution in [2.24, 2.45) is 5.73 Å². The number of rotatable bonds is 3. The molecule has 1 amide bonds. The number of nitrogens with one attached hydrogen (secondary N) is 1. The average molecular weight is 318 g/mol. The maximum absolute atomic E-state index is 13.5. The predicted molar refractivity (Wildman–Crippen MR) is 71.3 cm³/mol. The highest BCUT2D eigenvalue weighted by molar-refractivity contribution is 7.10. The molecule has 0 spiro atoms. The molecule has 1 atom stereocenters. The molecule has 0 aliphatic rings. The van der Waals surface area contributed by atoms with Crippen LogP contribution in [0.15, 0.2) is 35.7 Å². The second-order valence-corrected chi connectivity index (χ2v) is 5.15. The van der Waals surface area contributed by atoms with E-state index >= 15 is 0 Å². The summed E-state index contributed by atoms with van der Waals surface area (Å²) < 4.78 is 51.2. The lowest BCUT2D eigenvalue weighted by Crippen LogP contribution is -2.27. The molecule has 2 rings (SSSR count). The summed E-state index contributed by atoms with van der Waals surface area (Å²) in [6.45, 7) is 0. The van der Waals surface area contributed by atoms with Gasteiger partial charge in [0, 0.05) is 4.88 Å². The topological polar surface area (TPSA) is 55.1 Å². The Bertz CT molecular complexity index is 640. The van der Waals surface area contributed by atoms with Crippen LogP contribution in [-0.4, -0.2) is 5.91 Å². The first kappa shape index (κ1) is 15.5. The molecular formula is C13H10F4N2OS. The second-order valence-electron chi connectivity index (χ2n) is 4.17. The molecule has 8 heteroatoms. The van der Waals surface area contributed by atoms with E-state index < -0.39 is 35.2 Å². The summed E-state index contributed by atoms with van der Waals surface area (Å²) in [6.07, 6.45) is -4.62. The van der Waals surface area contributed by atoms with Crippen molar-refractivity contribution in [3.8, 4) is 0 Å². The number of hydrogen-bond acceptors (Lipinski definition) is 3. The Labute approximate surface area is 121 Å². The quantitative estimate of drug-likeness (QED) is 0.851. The zero-order valence-electron chi connectivity index (χ0n) is 10.4. The van der Waals surface area contributed by atoms with Crippen LogP contribution in [0.2, 0.25) is 0 Å². The SMILES string of the molecule is NC(C(=O)Nc1cc(C(F)(F)F)ccc1F)c1cccs1. The first-order valence-electron chi connectivity index (χ1n) is 5.75. The molecule has 1 aromatic carbocycles. The third-order valence-electron chi connectivity index (χ3n) is 2.68. The molecule has 3 nitrogen and oxygen atoms in total. The van der Waals surface area contributed by atoms with Gasteiger partial charge in [-0.15, -0.1) is 11.3 Å². The third kappa shape index (κ3) is 3.59. The molecule has 0 aliphatic heterocycles. The van der Waals surface area contributed by atoms with Gasteiger partial charge >= 0.3 is 6.18 Å². The Kier molecular flexibility index (Phi) is 4.29. The van der Waals surface area contributed by atoms with Crippen LogP contribution >= 0.6 is 11.3 Å². The number of hydrogen-bond donors (Lipinski definition) is 2. The van der Waals surface area contributed by atoms with E-state index in [9.17, 15) is 22.4 Å². The van der Waals surface area contributed by atoms with Crippen molar-refractivity contribution in [2.45, 2.75) is 12.2 Å². The maximum Gasteiger partial charge on any atom is 0.416 e. The summed E-state index contributed by atoms with van der Waals surface area (Å²) in [5.41, 5.74) is 4.05. The van der Waals surface area contributed by atoms with Crippen molar-refractivity contribution in [1.29, 1.82) is 0 Å². The Morgan fingerprint density at radius 1 is 1.29 bits per heavy atom. The van der Waals surface area contributed by atoms with Gasteiger partial charge in [-0.05, 0) is 29.6 Å². The highest BCUT2D eigenvalue weighted by atomic mass is 32.1. The van der Waals surface area contributed by atoms with Gasteiger partial charge in [0.15, 0.2) is 0 Å². The zero-order chi connectivity index (χ0) is 15.6. The minimum absolute atomic E-state index is 0.528. The molecule has 0 aliphatic carbocycles. The summed E-state index contributed by atoms with van der Waals surface area (Å²) in [5, 5.41) is 3.78. The summed E-state index contributed by atoms with van der Waals surface area (Å²) in [7, 11) is 0. The molecule has 21 heavy (non-hydrogen) atoms. The largest absolute Gasteiger partial charge is 0.416 e. The number of alkyl halides is 3. The summed E-state index contributed by atoms with van der Waals surface area (Å²) >= 11 is 1.22. The van der Waals surface area contributed by atoms with Crippen molar-refractivity contribution in [2.75, 3.05) is 5.32 Å². The van der Waals surface area contributed by atoms with Crippen LogP contribution in [0.4, 0.5) is 23.2 Å². The Morgan fingerprint density at radius 2 is 2.00 bits per heavy atom. The fourth-order valence-electron chi connectivity index (χ4n) is 1.61. The van der Waals surface area contributed by atoms with Crippen LogP contribution < -0.4 is 11.1 Å². The molecule has 1 aromatic heterocycles. The van der Waals surface area contributed by atoms with E-state index in [0.717, 1.165) is 0 Å². The van der Waals surface area contributed by atoms with Crippen LogP contribution in [0, 0.1) is 5.82 Å². The number of thiophene rings is 1. The fraction of sp³-hybridized carbons (Fsp3) is 0.154. The van der Waals surface area contributed by atoms with E-state index in [0.29, 0.717) is 23.1 Å². The molecule has 0 fully saturated rings. The van der Waals surface area contributed by atoms with Crippen molar-refractivity contribution < 1.29 is 22.4 Å². The van der Waals surface area contributed by atoms with Crippen molar-refractivity contribution in [3.63, 3.8) is 0 Å². The van der Waals surface area contributed by atoms with Gasteiger partial charge in [0.25, 0.3) is 0 Å². The minimum atomic E-state index is -4.62. The van der Waals surface area contributed by atoms with Crippen molar-refractivity contribution >= 4 is 22.9 Å². The number of carbonyl (C=O) groups is 1. The molecule has 0 bridgehead atoms. The fourth-order valence-corrected chi connectivity index (χ4v) is 2.33. The highest BCUT2D eigenvalue weighted by Crippen LogP contribution is 2.32. The number of amides is 1. The third-order valence-corrected chi connectivity index (χ3v) is 3.64. The number of benzene rings is 1. The molecule has 112 valence electrons. The molecule has 0 saturated heterocycles. The van der Waals surface area contributed by atoms with Crippen LogP contribution in [0.3, 0.4) is 0 Å². The molecule has 3 N–H and O–H groups in total. The Morgan fingerprint density at radius 3 is 2.57 bits per heavy atom. The van der Waals surface area contributed by atoms with Gasteiger partial charge in [0.05, 0.1) is 11.3 Å². The molecule has 0 saturated carbocycles. The standard InChI is InChI=1S/C13H10F4N2OS/c14-8-4-3-7(13(15,16)17)6-9(8)19-12(20)11(18)10-2-1-5-21-10/h1-6,11H,18H2,(H,19,20). The monoisotopic (exact) mass is 318 g/mol. The van der Waals surface area contributed by atoms with E-state index in [4.69, 9.17) is 5.73 Å². The number of anilines is 1. The van der Waals surface area contributed by atoms with Crippen LogP contribution in [0.25, 0.3) is 0 Å². The smallest absolute Gasteiger partial charge is 0.322 e. The lowest BCUT2D eigenvalue weighted by atomic mass is 10.1. The normalized spacial score (nSPS) is 13.0. The van der Waals surface area contributed by atoms with Gasteiger partial charge in [-0.3, -0.25) is 4.79 Å². The average Bonchev–Trinajstić information content (AvgIpc) is 2.92. The Balaban J connectivity index is 2.21. The van der Waals surface area contributed by atoms with E-state index in [-0.39, 0.29) is 0 Å². The first-order chi connectivity index (χ1) is 9.79. The molecular weight excluding hydrogens is 308 g/mol. The molecule has 0 radical (unpaired) electrons. The number of carbonyl (C=O) groups excluding carboxylic acids is 1. The number of halogens is 4. The van der Waals surface area contributed by atoms with Gasteiger partial charge in [0.2, 0.25) is 5.91 Å². The zero-order valence-corrected chi connectivity index (χ0v) is 11.3. The van der Waals surface area contributed by atoms with E-state index in [1.165, 1.54) is 11.3 Å². The minimum Gasteiger partial charge on any atom is -0.322 e. The Hall–Kier alpha value is -1.93. The van der Waals surface area contributed by atoms with Crippen LogP contribution in [0.5, 0.6) is 0 Å². The molecule has 1 unspecified atom stereocenters. The lowest BCUT2D eigenvalue weighted by molar-refractivity contribution is -0.137. The first-order valence-corrected chi connectivity index (χ1v) is 6.63. The summed E-state index contributed by atoms with van der Waals surface area (Å²) in [4.78, 5) is 12.4. The predicted octanol–water partition coefficient (Wildman–Crippen LogP) is 3.54. The number of nitrogens with two attached hydrogens (primary N) is 1. The van der Waals surface area contributed by atoms with Gasteiger partial charge in [-0.25, -0.2) is 4.39 Å². The second kappa shape index (κ2) is 5.82. The van der Waals surface area contributed by atoms with Crippen molar-refractivity contribution in [1.82, 2.24) is 0 Å². The van der Waals surface area contributed by atoms with Gasteiger partial charge in [-0.1, -0.05) is 6.07 Å². The summed E-state index contributed by atoms with van der Waals surface area (Å²) in [6, 6.07) is 4.00. The highest BCUT2D eigenvalue weighted by Gasteiger charge is 2.31. The summed E-state index contributed by atoms with van der Waals surface area (Å²) in [5.74, 6) is -1.74. The molecule has 2 aromatic rings. The van der Waals surface area contributed by atoms with Gasteiger partial charge in [0.1, 0.15) is 11.9 Å². The maximum atomic E-state index is 13.5. The van der Waals surface area contributed by atoms with Crippen molar-refractivity contribution in [3.05, 3.63) is 52.0 Å². The van der Waals surface area contributed by atoms with Crippen LogP contribution in [0.1, 0.15) is 16.5 Å². The lowest BCUT2D eigenvalue weighted by Gasteiger charge is -2.13. The molecule has 1 heterocycles. The van der Waals surface area contributed by atoms with Gasteiger partial charge < -0.3 is 11.1 Å². The van der Waals surface area contributed by atoms with E-state index in [2.05, 4.69) is 5.32 Å². The van der Waals surface area contributed by atoms with E-state index in [1.807, 2.05) is 0 Å². The van der Waals surface area contributed by atoms with Gasteiger partial charge in [-0.2, -0.15) is 13.2 Å². The van der Waals surface area contributed by atoms with Crippen LogP contribution in [-0.2, 0) is 11.0 Å².